The maximum Gasteiger partial charge on any atom is 0.271 e. The summed E-state index contributed by atoms with van der Waals surface area (Å²) in [5, 5.41) is 2.83. The minimum Gasteiger partial charge on any atom is -0.347 e. The number of rotatable bonds is 3. The van der Waals surface area contributed by atoms with Gasteiger partial charge in [-0.1, -0.05) is 6.07 Å². The van der Waals surface area contributed by atoms with Gasteiger partial charge in [-0.3, -0.25) is 14.2 Å². The molecule has 0 fully saturated rings. The van der Waals surface area contributed by atoms with Crippen molar-refractivity contribution in [2.75, 3.05) is 0 Å². The molecule has 3 aromatic heterocycles. The van der Waals surface area contributed by atoms with E-state index in [1.165, 1.54) is 4.88 Å². The minimum atomic E-state index is -0.169. The molecule has 0 aliphatic rings. The molecule has 0 saturated carbocycles. The summed E-state index contributed by atoms with van der Waals surface area (Å²) < 4.78 is 1.87. The Kier molecular flexibility index (Phi) is 3.00. The lowest BCUT2D eigenvalue weighted by Crippen LogP contribution is -2.23. The fourth-order valence-electron chi connectivity index (χ4n) is 1.80. The first-order valence-corrected chi connectivity index (χ1v) is 6.66. The predicted octanol–water partition coefficient (Wildman–Crippen LogP) is 2.03. The van der Waals surface area contributed by atoms with E-state index in [0.29, 0.717) is 12.2 Å². The summed E-state index contributed by atoms with van der Waals surface area (Å²) in [5.74, 6) is -0.169. The molecule has 3 rings (SSSR count). The fourth-order valence-corrected chi connectivity index (χ4v) is 2.60. The van der Waals surface area contributed by atoms with Crippen LogP contribution in [-0.2, 0) is 6.54 Å². The third kappa shape index (κ3) is 2.48. The molecule has 6 heteroatoms. The van der Waals surface area contributed by atoms with E-state index in [-0.39, 0.29) is 5.91 Å². The lowest BCUT2D eigenvalue weighted by Gasteiger charge is -2.02. The van der Waals surface area contributed by atoms with Crippen LogP contribution in [0.2, 0.25) is 0 Å². The quantitative estimate of drug-likeness (QED) is 0.793. The molecule has 5 nitrogen and oxygen atoms in total. The number of aryl methyl sites for hydroxylation is 1. The molecule has 3 heterocycles. The van der Waals surface area contributed by atoms with Crippen LogP contribution in [0.4, 0.5) is 0 Å². The number of pyridine rings is 1. The van der Waals surface area contributed by atoms with Gasteiger partial charge in [0.1, 0.15) is 5.69 Å². The van der Waals surface area contributed by atoms with Gasteiger partial charge in [-0.2, -0.15) is 0 Å². The van der Waals surface area contributed by atoms with Crippen LogP contribution < -0.4 is 5.32 Å². The van der Waals surface area contributed by atoms with Crippen LogP contribution in [0.5, 0.6) is 0 Å². The summed E-state index contributed by atoms with van der Waals surface area (Å²) in [7, 11) is 0. The fraction of sp³-hybridized carbons (Fsp3) is 0.154. The van der Waals surface area contributed by atoms with Gasteiger partial charge in [-0.05, 0) is 18.6 Å². The molecular weight excluding hydrogens is 260 g/mol. The SMILES string of the molecule is Cc1cn2cc(C(=O)NCc3cccnc3)nc2s1. The van der Waals surface area contributed by atoms with E-state index >= 15 is 0 Å². The number of thiazole rings is 1. The zero-order chi connectivity index (χ0) is 13.2. The highest BCUT2D eigenvalue weighted by Crippen LogP contribution is 2.16. The Balaban J connectivity index is 1.71. The third-order valence-corrected chi connectivity index (χ3v) is 3.59. The summed E-state index contributed by atoms with van der Waals surface area (Å²) in [5.41, 5.74) is 1.41. The van der Waals surface area contributed by atoms with Crippen LogP contribution in [0.3, 0.4) is 0 Å². The standard InChI is InChI=1S/C13H12N4OS/c1-9-7-17-8-11(16-13(17)19-9)12(18)15-6-10-3-2-4-14-5-10/h2-5,7-8H,6H2,1H3,(H,15,18). The zero-order valence-electron chi connectivity index (χ0n) is 10.3. The molecule has 0 atom stereocenters. The van der Waals surface area contributed by atoms with Crippen LogP contribution in [0.25, 0.3) is 4.96 Å². The van der Waals surface area contributed by atoms with Crippen molar-refractivity contribution in [3.05, 3.63) is 53.1 Å². The number of aromatic nitrogens is 3. The maximum atomic E-state index is 12.0. The second-order valence-corrected chi connectivity index (χ2v) is 5.41. The second-order valence-electron chi connectivity index (χ2n) is 4.20. The van der Waals surface area contributed by atoms with E-state index in [1.54, 1.807) is 29.9 Å². The molecule has 0 spiro atoms. The minimum absolute atomic E-state index is 0.169. The van der Waals surface area contributed by atoms with E-state index in [0.717, 1.165) is 10.5 Å². The highest BCUT2D eigenvalue weighted by molar-refractivity contribution is 7.17. The Morgan fingerprint density at radius 1 is 1.47 bits per heavy atom. The number of imidazole rings is 1. The molecule has 0 aromatic carbocycles. The summed E-state index contributed by atoms with van der Waals surface area (Å²) in [4.78, 5) is 22.3. The molecule has 19 heavy (non-hydrogen) atoms. The summed E-state index contributed by atoms with van der Waals surface area (Å²) >= 11 is 1.57. The number of fused-ring (bicyclic) bond motifs is 1. The van der Waals surface area contributed by atoms with Crippen LogP contribution in [-0.4, -0.2) is 20.3 Å². The molecule has 1 N–H and O–H groups in total. The highest BCUT2D eigenvalue weighted by atomic mass is 32.1. The van der Waals surface area contributed by atoms with Crippen LogP contribution in [0, 0.1) is 6.92 Å². The van der Waals surface area contributed by atoms with Gasteiger partial charge in [-0.25, -0.2) is 4.98 Å². The maximum absolute atomic E-state index is 12.0. The highest BCUT2D eigenvalue weighted by Gasteiger charge is 2.11. The van der Waals surface area contributed by atoms with Gasteiger partial charge in [0.05, 0.1) is 0 Å². The Bertz CT molecular complexity index is 685. The number of carbonyl (C=O) groups excluding carboxylic acids is 1. The molecule has 0 aliphatic carbocycles. The van der Waals surface area contributed by atoms with E-state index in [2.05, 4.69) is 15.3 Å². The Morgan fingerprint density at radius 2 is 2.37 bits per heavy atom. The largest absolute Gasteiger partial charge is 0.347 e. The molecular formula is C13H12N4OS. The van der Waals surface area contributed by atoms with E-state index in [9.17, 15) is 4.79 Å². The third-order valence-electron chi connectivity index (χ3n) is 2.68. The normalized spacial score (nSPS) is 10.8. The Morgan fingerprint density at radius 3 is 3.11 bits per heavy atom. The second kappa shape index (κ2) is 4.81. The van der Waals surface area contributed by atoms with Gasteiger partial charge in [0.15, 0.2) is 4.96 Å². The van der Waals surface area contributed by atoms with Gasteiger partial charge >= 0.3 is 0 Å². The monoisotopic (exact) mass is 272 g/mol. The first-order chi connectivity index (χ1) is 9.22. The Hall–Kier alpha value is -2.21. The van der Waals surface area contributed by atoms with E-state index < -0.39 is 0 Å². The smallest absolute Gasteiger partial charge is 0.271 e. The van der Waals surface area contributed by atoms with Gasteiger partial charge in [0, 0.05) is 36.2 Å². The molecule has 0 bridgehead atoms. The van der Waals surface area contributed by atoms with Gasteiger partial charge < -0.3 is 5.32 Å². The van der Waals surface area contributed by atoms with E-state index in [4.69, 9.17) is 0 Å². The number of nitrogens with zero attached hydrogens (tertiary/aromatic N) is 3. The zero-order valence-corrected chi connectivity index (χ0v) is 11.1. The lowest BCUT2D eigenvalue weighted by molar-refractivity contribution is 0.0946. The van der Waals surface area contributed by atoms with Gasteiger partial charge in [0.2, 0.25) is 0 Å². The number of hydrogen-bond acceptors (Lipinski definition) is 4. The van der Waals surface area contributed by atoms with Crippen LogP contribution >= 0.6 is 11.3 Å². The van der Waals surface area contributed by atoms with E-state index in [1.807, 2.05) is 29.7 Å². The molecule has 0 aliphatic heterocycles. The van der Waals surface area contributed by atoms with Crippen molar-refractivity contribution in [2.24, 2.45) is 0 Å². The van der Waals surface area contributed by atoms with Gasteiger partial charge in [-0.15, -0.1) is 11.3 Å². The number of carbonyl (C=O) groups is 1. The molecule has 3 aromatic rings. The van der Waals surface area contributed by atoms with Crippen molar-refractivity contribution >= 4 is 22.2 Å². The molecule has 0 saturated heterocycles. The van der Waals surface area contributed by atoms with Crippen LogP contribution in [0.15, 0.2) is 36.9 Å². The Labute approximate surface area is 113 Å². The number of amides is 1. The molecule has 96 valence electrons. The summed E-state index contributed by atoms with van der Waals surface area (Å²) in [6.45, 7) is 2.47. The topological polar surface area (TPSA) is 59.3 Å². The molecule has 1 amide bonds. The first-order valence-electron chi connectivity index (χ1n) is 5.84. The summed E-state index contributed by atoms with van der Waals surface area (Å²) in [6.07, 6.45) is 7.15. The first kappa shape index (κ1) is 11.9. The van der Waals surface area contributed by atoms with Crippen molar-refractivity contribution in [1.29, 1.82) is 0 Å². The van der Waals surface area contributed by atoms with Crippen molar-refractivity contribution in [1.82, 2.24) is 19.7 Å². The van der Waals surface area contributed by atoms with Crippen molar-refractivity contribution in [2.45, 2.75) is 13.5 Å². The average molecular weight is 272 g/mol. The van der Waals surface area contributed by atoms with Gasteiger partial charge in [0.25, 0.3) is 5.91 Å². The number of nitrogens with one attached hydrogen (secondary N) is 1. The lowest BCUT2D eigenvalue weighted by atomic mass is 10.3. The predicted molar refractivity (Wildman–Crippen MR) is 73.2 cm³/mol. The van der Waals surface area contributed by atoms with Crippen molar-refractivity contribution in [3.63, 3.8) is 0 Å². The summed E-state index contributed by atoms with van der Waals surface area (Å²) in [6, 6.07) is 3.76. The van der Waals surface area contributed by atoms with Crippen LogP contribution in [0.1, 0.15) is 20.9 Å². The number of hydrogen-bond donors (Lipinski definition) is 1. The average Bonchev–Trinajstić information content (AvgIpc) is 2.94. The molecule has 0 radical (unpaired) electrons. The molecule has 0 unspecified atom stereocenters. The van der Waals surface area contributed by atoms with Crippen molar-refractivity contribution < 1.29 is 4.79 Å². The van der Waals surface area contributed by atoms with Crippen molar-refractivity contribution in [3.8, 4) is 0 Å².